The van der Waals surface area contributed by atoms with Crippen molar-refractivity contribution in [1.82, 2.24) is 25.4 Å². The SMILES string of the molecule is CC1Oc2cc(cnc2N)-c2c(C#N)n[nH]c2Cc2cn[nH]c2-c2ccc(F)cc21. The molecular formula is C21H16FN7O. The quantitative estimate of drug-likeness (QED) is 0.413. The topological polar surface area (TPSA) is 129 Å². The third-order valence-electron chi connectivity index (χ3n) is 5.23. The standard InChI is InChI=1S/C21H16FN7O/c1-10-15-6-13(22)2-3-14(15)20-12(9-26-29-20)4-16-19(17(7-23)28-27-16)11-5-18(30-10)21(24)25-8-11/h2-3,5-6,8-10H,4H2,1H3,(H2,24,25)(H,26,29)(H,27,28). The number of rotatable bonds is 0. The molecule has 30 heavy (non-hydrogen) atoms. The maximum Gasteiger partial charge on any atom is 0.170 e. The predicted molar refractivity (Wildman–Crippen MR) is 107 cm³/mol. The Balaban J connectivity index is 1.81. The number of nitrogen functional groups attached to an aromatic ring is 1. The maximum absolute atomic E-state index is 14.1. The summed E-state index contributed by atoms with van der Waals surface area (Å²) in [6.07, 6.45) is 3.20. The fraction of sp³-hybridized carbons (Fsp3) is 0.143. The van der Waals surface area contributed by atoms with Gasteiger partial charge in [0, 0.05) is 46.1 Å². The fourth-order valence-electron chi connectivity index (χ4n) is 3.80. The van der Waals surface area contributed by atoms with E-state index in [1.54, 1.807) is 24.5 Å². The number of hydrogen-bond acceptors (Lipinski definition) is 6. The van der Waals surface area contributed by atoms with Crippen molar-refractivity contribution in [1.29, 1.82) is 5.26 Å². The first-order chi connectivity index (χ1) is 14.5. The van der Waals surface area contributed by atoms with E-state index in [1.807, 2.05) is 6.92 Å². The van der Waals surface area contributed by atoms with Crippen LogP contribution in [0.15, 0.2) is 36.7 Å². The number of nitrogens with two attached hydrogens (primary N) is 1. The number of fused-ring (bicyclic) bond motifs is 7. The van der Waals surface area contributed by atoms with Crippen molar-refractivity contribution in [2.75, 3.05) is 5.73 Å². The van der Waals surface area contributed by atoms with E-state index in [2.05, 4.69) is 31.4 Å². The average Bonchev–Trinajstić information content (AvgIpc) is 3.36. The van der Waals surface area contributed by atoms with Crippen LogP contribution in [0.25, 0.3) is 22.4 Å². The molecule has 0 radical (unpaired) electrons. The summed E-state index contributed by atoms with van der Waals surface area (Å²) in [5.41, 5.74) is 11.3. The Morgan fingerprint density at radius 3 is 2.97 bits per heavy atom. The molecule has 1 aliphatic heterocycles. The van der Waals surface area contributed by atoms with E-state index >= 15 is 0 Å². The van der Waals surface area contributed by atoms with Crippen molar-refractivity contribution in [3.05, 3.63) is 65.0 Å². The summed E-state index contributed by atoms with van der Waals surface area (Å²) in [5, 5.41) is 23.8. The summed E-state index contributed by atoms with van der Waals surface area (Å²) >= 11 is 0. The van der Waals surface area contributed by atoms with Crippen LogP contribution in [0.4, 0.5) is 10.2 Å². The summed E-state index contributed by atoms with van der Waals surface area (Å²) in [4.78, 5) is 4.23. The second-order valence-corrected chi connectivity index (χ2v) is 7.08. The van der Waals surface area contributed by atoms with Crippen LogP contribution in [0.5, 0.6) is 5.75 Å². The van der Waals surface area contributed by atoms with Crippen LogP contribution in [0.3, 0.4) is 0 Å². The number of ether oxygens (including phenoxy) is 1. The Labute approximate surface area is 170 Å². The van der Waals surface area contributed by atoms with Crippen molar-refractivity contribution in [2.45, 2.75) is 19.4 Å². The minimum absolute atomic E-state index is 0.200. The van der Waals surface area contributed by atoms with Gasteiger partial charge in [0.2, 0.25) is 0 Å². The lowest BCUT2D eigenvalue weighted by atomic mass is 9.94. The summed E-state index contributed by atoms with van der Waals surface area (Å²) < 4.78 is 20.2. The van der Waals surface area contributed by atoms with Gasteiger partial charge in [0.25, 0.3) is 0 Å². The monoisotopic (exact) mass is 401 g/mol. The van der Waals surface area contributed by atoms with E-state index in [0.717, 1.165) is 22.5 Å². The van der Waals surface area contributed by atoms with Gasteiger partial charge in [0.15, 0.2) is 17.3 Å². The largest absolute Gasteiger partial charge is 0.482 e. The number of aromatic nitrogens is 5. The minimum atomic E-state index is -0.523. The minimum Gasteiger partial charge on any atom is -0.482 e. The molecule has 4 heterocycles. The molecular weight excluding hydrogens is 385 g/mol. The van der Waals surface area contributed by atoms with Crippen molar-refractivity contribution < 1.29 is 9.13 Å². The van der Waals surface area contributed by atoms with Crippen LogP contribution in [-0.2, 0) is 6.42 Å². The second kappa shape index (κ2) is 6.70. The molecule has 0 aliphatic carbocycles. The van der Waals surface area contributed by atoms with E-state index in [-0.39, 0.29) is 17.3 Å². The molecule has 1 unspecified atom stereocenters. The van der Waals surface area contributed by atoms with Gasteiger partial charge in [-0.05, 0) is 31.2 Å². The zero-order valence-electron chi connectivity index (χ0n) is 15.9. The van der Waals surface area contributed by atoms with Gasteiger partial charge in [-0.15, -0.1) is 0 Å². The van der Waals surface area contributed by atoms with Crippen LogP contribution in [-0.4, -0.2) is 25.4 Å². The highest BCUT2D eigenvalue weighted by molar-refractivity contribution is 5.75. The molecule has 0 saturated heterocycles. The number of benzene rings is 1. The van der Waals surface area contributed by atoms with E-state index in [9.17, 15) is 9.65 Å². The molecule has 2 bridgehead atoms. The first-order valence-electron chi connectivity index (χ1n) is 9.27. The summed E-state index contributed by atoms with van der Waals surface area (Å²) in [6.45, 7) is 1.82. The Bertz CT molecular complexity index is 1320. The van der Waals surface area contributed by atoms with Gasteiger partial charge in [-0.25, -0.2) is 9.37 Å². The van der Waals surface area contributed by atoms with E-state index < -0.39 is 6.10 Å². The predicted octanol–water partition coefficient (Wildman–Crippen LogP) is 3.50. The highest BCUT2D eigenvalue weighted by Crippen LogP contribution is 2.38. The number of halogens is 1. The zero-order valence-corrected chi connectivity index (χ0v) is 15.9. The Morgan fingerprint density at radius 1 is 1.27 bits per heavy atom. The van der Waals surface area contributed by atoms with Gasteiger partial charge in [0.1, 0.15) is 18.0 Å². The first-order valence-corrected chi connectivity index (χ1v) is 9.27. The highest BCUT2D eigenvalue weighted by Gasteiger charge is 2.24. The number of aromatic amines is 2. The maximum atomic E-state index is 14.1. The lowest BCUT2D eigenvalue weighted by Gasteiger charge is -2.20. The van der Waals surface area contributed by atoms with Crippen LogP contribution in [0, 0.1) is 17.1 Å². The third-order valence-corrected chi connectivity index (χ3v) is 5.23. The van der Waals surface area contributed by atoms with Crippen LogP contribution in [0.1, 0.15) is 35.5 Å². The molecule has 5 rings (SSSR count). The van der Waals surface area contributed by atoms with Crippen LogP contribution >= 0.6 is 0 Å². The van der Waals surface area contributed by atoms with Crippen molar-refractivity contribution in [3.8, 4) is 34.2 Å². The molecule has 1 atom stereocenters. The number of H-pyrrole nitrogens is 2. The van der Waals surface area contributed by atoms with Gasteiger partial charge >= 0.3 is 0 Å². The van der Waals surface area contributed by atoms with Crippen molar-refractivity contribution >= 4 is 5.82 Å². The second-order valence-electron chi connectivity index (χ2n) is 7.08. The zero-order chi connectivity index (χ0) is 20.8. The number of pyridine rings is 1. The molecule has 3 aromatic heterocycles. The van der Waals surface area contributed by atoms with Gasteiger partial charge in [-0.3, -0.25) is 10.2 Å². The molecule has 1 aliphatic rings. The molecule has 4 aromatic rings. The van der Waals surface area contributed by atoms with Crippen molar-refractivity contribution in [3.63, 3.8) is 0 Å². The Kier molecular flexibility index (Phi) is 3.99. The average molecular weight is 401 g/mol. The molecule has 9 heteroatoms. The van der Waals surface area contributed by atoms with Gasteiger partial charge < -0.3 is 10.5 Å². The summed E-state index contributed by atoms with van der Waals surface area (Å²) in [6, 6.07) is 8.37. The number of nitrogens with zero attached hydrogens (tertiary/aromatic N) is 4. The molecule has 1 aromatic carbocycles. The molecule has 4 N–H and O–H groups in total. The van der Waals surface area contributed by atoms with E-state index in [4.69, 9.17) is 10.5 Å². The lowest BCUT2D eigenvalue weighted by molar-refractivity contribution is 0.227. The lowest BCUT2D eigenvalue weighted by Crippen LogP contribution is -2.09. The molecule has 0 fully saturated rings. The number of anilines is 1. The third kappa shape index (κ3) is 2.78. The first kappa shape index (κ1) is 17.9. The Morgan fingerprint density at radius 2 is 2.13 bits per heavy atom. The van der Waals surface area contributed by atoms with Gasteiger partial charge in [-0.1, -0.05) is 0 Å². The Hall–Kier alpha value is -4.19. The smallest absolute Gasteiger partial charge is 0.170 e. The van der Waals surface area contributed by atoms with Crippen molar-refractivity contribution in [2.24, 2.45) is 0 Å². The molecule has 0 spiro atoms. The molecule has 0 amide bonds. The normalized spacial score (nSPS) is 14.9. The van der Waals surface area contributed by atoms with E-state index in [0.29, 0.717) is 28.9 Å². The van der Waals surface area contributed by atoms with E-state index in [1.165, 1.54) is 12.1 Å². The highest BCUT2D eigenvalue weighted by atomic mass is 19.1. The van der Waals surface area contributed by atoms with Gasteiger partial charge in [0.05, 0.1) is 11.9 Å². The number of hydrogen-bond donors (Lipinski definition) is 3. The molecule has 8 nitrogen and oxygen atoms in total. The van der Waals surface area contributed by atoms with Gasteiger partial charge in [-0.2, -0.15) is 15.5 Å². The number of nitriles is 1. The van der Waals surface area contributed by atoms with Crippen LogP contribution in [0.2, 0.25) is 0 Å². The fourth-order valence-corrected chi connectivity index (χ4v) is 3.80. The number of nitrogens with one attached hydrogen (secondary N) is 2. The van der Waals surface area contributed by atoms with Crippen LogP contribution < -0.4 is 10.5 Å². The molecule has 0 saturated carbocycles. The summed E-state index contributed by atoms with van der Waals surface area (Å²) in [7, 11) is 0. The summed E-state index contributed by atoms with van der Waals surface area (Å²) in [5.74, 6) is 0.176. The molecule has 148 valence electrons.